The van der Waals surface area contributed by atoms with E-state index in [0.29, 0.717) is 23.4 Å². The molecule has 8 heteroatoms. The van der Waals surface area contributed by atoms with Crippen molar-refractivity contribution in [2.45, 2.75) is 30.9 Å². The fraction of sp³-hybridized carbons (Fsp3) is 0.217. The predicted octanol–water partition coefficient (Wildman–Crippen LogP) is 3.84. The number of imidazole rings is 1. The van der Waals surface area contributed by atoms with Crippen LogP contribution in [0.2, 0.25) is 0 Å². The lowest BCUT2D eigenvalue weighted by atomic mass is 10.2. The van der Waals surface area contributed by atoms with E-state index < -0.39 is 15.7 Å². The van der Waals surface area contributed by atoms with E-state index in [0.717, 1.165) is 0 Å². The Bertz CT molecular complexity index is 1160. The molecule has 0 aliphatic heterocycles. The van der Waals surface area contributed by atoms with Gasteiger partial charge in [-0.1, -0.05) is 36.4 Å². The van der Waals surface area contributed by atoms with E-state index in [2.05, 4.69) is 11.6 Å². The van der Waals surface area contributed by atoms with E-state index in [-0.39, 0.29) is 29.9 Å². The van der Waals surface area contributed by atoms with E-state index in [1.807, 2.05) is 13.0 Å². The number of carbonyl (C=O) groups is 1. The van der Waals surface area contributed by atoms with Crippen molar-refractivity contribution >= 4 is 15.7 Å². The van der Waals surface area contributed by atoms with Gasteiger partial charge in [-0.25, -0.2) is 17.8 Å². The van der Waals surface area contributed by atoms with Crippen molar-refractivity contribution < 1.29 is 17.6 Å². The van der Waals surface area contributed by atoms with Gasteiger partial charge in [0.25, 0.3) is 5.91 Å². The Labute approximate surface area is 181 Å². The Hall–Kier alpha value is -3.26. The maximum atomic E-state index is 13.2. The molecule has 3 aromatic rings. The molecule has 0 saturated carbocycles. The van der Waals surface area contributed by atoms with Gasteiger partial charge >= 0.3 is 0 Å². The Balaban J connectivity index is 1.89. The van der Waals surface area contributed by atoms with E-state index in [4.69, 9.17) is 0 Å². The number of carbonyl (C=O) groups excluding carboxylic acids is 1. The van der Waals surface area contributed by atoms with Gasteiger partial charge in [0.1, 0.15) is 5.82 Å². The lowest BCUT2D eigenvalue weighted by Gasteiger charge is -2.22. The number of hydrogen-bond donors (Lipinski definition) is 0. The number of halogens is 1. The number of allylic oxidation sites excluding steroid dienone is 1. The van der Waals surface area contributed by atoms with Crippen LogP contribution in [0.3, 0.4) is 0 Å². The lowest BCUT2D eigenvalue weighted by Crippen LogP contribution is -2.31. The van der Waals surface area contributed by atoms with Crippen molar-refractivity contribution in [3.8, 4) is 0 Å². The molecule has 2 aromatic carbocycles. The van der Waals surface area contributed by atoms with Crippen molar-refractivity contribution in [2.24, 2.45) is 0 Å². The molecule has 0 N–H and O–H groups in total. The Morgan fingerprint density at radius 2 is 1.84 bits per heavy atom. The molecular formula is C23H24FN3O3S. The van der Waals surface area contributed by atoms with Crippen LogP contribution < -0.4 is 0 Å². The number of aromatic nitrogens is 2. The first-order chi connectivity index (χ1) is 14.9. The van der Waals surface area contributed by atoms with Gasteiger partial charge in [0.2, 0.25) is 15.0 Å². The van der Waals surface area contributed by atoms with Gasteiger partial charge in [-0.15, -0.1) is 6.58 Å². The quantitative estimate of drug-likeness (QED) is 0.473. The largest absolute Gasteiger partial charge is 0.333 e. The van der Waals surface area contributed by atoms with Crippen LogP contribution in [0.5, 0.6) is 0 Å². The first-order valence-corrected chi connectivity index (χ1v) is 11.5. The third-order valence-electron chi connectivity index (χ3n) is 4.80. The second kappa shape index (κ2) is 9.70. The van der Waals surface area contributed by atoms with Crippen LogP contribution in [0.25, 0.3) is 0 Å². The molecule has 1 heterocycles. The molecule has 0 fully saturated rings. The van der Waals surface area contributed by atoms with Gasteiger partial charge < -0.3 is 9.47 Å². The van der Waals surface area contributed by atoms with Crippen molar-refractivity contribution in [3.63, 3.8) is 0 Å². The molecule has 0 atom stereocenters. The van der Waals surface area contributed by atoms with E-state index >= 15 is 0 Å². The van der Waals surface area contributed by atoms with Crippen molar-refractivity contribution in [3.05, 3.63) is 96.1 Å². The summed E-state index contributed by atoms with van der Waals surface area (Å²) in [6, 6.07) is 14.2. The molecule has 0 spiro atoms. The molecule has 3 rings (SSSR count). The molecule has 0 saturated heterocycles. The first kappa shape index (κ1) is 22.4. The van der Waals surface area contributed by atoms with Gasteiger partial charge in [-0.3, -0.25) is 4.79 Å². The zero-order chi connectivity index (χ0) is 22.4. The number of hydrogen-bond acceptors (Lipinski definition) is 4. The second-order valence-electron chi connectivity index (χ2n) is 7.00. The van der Waals surface area contributed by atoms with Crippen LogP contribution in [0.15, 0.2) is 78.6 Å². The highest BCUT2D eigenvalue weighted by molar-refractivity contribution is 7.90. The number of amides is 1. The molecule has 0 aliphatic carbocycles. The highest BCUT2D eigenvalue weighted by Gasteiger charge is 2.25. The highest BCUT2D eigenvalue weighted by atomic mass is 32.2. The zero-order valence-corrected chi connectivity index (χ0v) is 18.1. The molecule has 0 aliphatic rings. The first-order valence-electron chi connectivity index (χ1n) is 9.82. The van der Waals surface area contributed by atoms with Gasteiger partial charge in [-0.05, 0) is 36.8 Å². The summed E-state index contributed by atoms with van der Waals surface area (Å²) in [6.07, 6.45) is 3.06. The number of rotatable bonds is 9. The summed E-state index contributed by atoms with van der Waals surface area (Å²) in [5.41, 5.74) is 1.60. The Kier molecular flexibility index (Phi) is 7.02. The van der Waals surface area contributed by atoms with Gasteiger partial charge in [0, 0.05) is 18.7 Å². The van der Waals surface area contributed by atoms with Crippen LogP contribution in [0.1, 0.15) is 28.5 Å². The predicted molar refractivity (Wildman–Crippen MR) is 117 cm³/mol. The minimum absolute atomic E-state index is 0.0588. The minimum atomic E-state index is -3.71. The standard InChI is InChI=1S/C23H24FN3O3S/c1-3-14-27-21(16-26(4-2)22(28)19-10-12-20(24)13-11-19)15-25-23(27)31(29,30)17-18-8-6-5-7-9-18/h3,5-13,15H,1,4,14,16-17H2,2H3. The molecule has 0 unspecified atom stereocenters. The molecule has 6 nitrogen and oxygen atoms in total. The SMILES string of the molecule is C=CCn1c(CN(CC)C(=O)c2ccc(F)cc2)cnc1S(=O)(=O)Cc1ccccc1. The summed E-state index contributed by atoms with van der Waals surface area (Å²) >= 11 is 0. The molecule has 162 valence electrons. The normalized spacial score (nSPS) is 11.3. The van der Waals surface area contributed by atoms with Crippen LogP contribution >= 0.6 is 0 Å². The molecule has 0 bridgehead atoms. The summed E-state index contributed by atoms with van der Waals surface area (Å²) in [5, 5.41) is -0.0588. The van der Waals surface area contributed by atoms with Crippen LogP contribution in [-0.2, 0) is 28.7 Å². The molecular weight excluding hydrogens is 417 g/mol. The van der Waals surface area contributed by atoms with E-state index in [1.54, 1.807) is 39.8 Å². The maximum absolute atomic E-state index is 13.2. The minimum Gasteiger partial charge on any atom is -0.333 e. The summed E-state index contributed by atoms with van der Waals surface area (Å²) < 4.78 is 40.8. The average Bonchev–Trinajstić information content (AvgIpc) is 3.16. The van der Waals surface area contributed by atoms with Gasteiger partial charge in [0.05, 0.1) is 24.2 Å². The monoisotopic (exact) mass is 441 g/mol. The summed E-state index contributed by atoms with van der Waals surface area (Å²) in [4.78, 5) is 18.6. The average molecular weight is 442 g/mol. The fourth-order valence-corrected chi connectivity index (χ4v) is 4.75. The van der Waals surface area contributed by atoms with E-state index in [1.165, 1.54) is 30.5 Å². The topological polar surface area (TPSA) is 72.3 Å². The molecule has 31 heavy (non-hydrogen) atoms. The van der Waals surface area contributed by atoms with Crippen molar-refractivity contribution in [1.29, 1.82) is 0 Å². The summed E-state index contributed by atoms with van der Waals surface area (Å²) in [5.74, 6) is -0.868. The molecule has 1 aromatic heterocycles. The fourth-order valence-electron chi connectivity index (χ4n) is 3.25. The van der Waals surface area contributed by atoms with E-state index in [9.17, 15) is 17.6 Å². The molecule has 1 amide bonds. The smallest absolute Gasteiger partial charge is 0.254 e. The van der Waals surface area contributed by atoms with Crippen LogP contribution in [-0.4, -0.2) is 35.3 Å². The number of nitrogens with zero attached hydrogens (tertiary/aromatic N) is 3. The molecule has 0 radical (unpaired) electrons. The Morgan fingerprint density at radius 1 is 1.16 bits per heavy atom. The summed E-state index contributed by atoms with van der Waals surface area (Å²) in [7, 11) is -3.71. The third-order valence-corrected chi connectivity index (χ3v) is 6.40. The zero-order valence-electron chi connectivity index (χ0n) is 17.2. The van der Waals surface area contributed by atoms with Crippen LogP contribution in [0.4, 0.5) is 4.39 Å². The number of sulfone groups is 1. The van der Waals surface area contributed by atoms with Crippen molar-refractivity contribution in [1.82, 2.24) is 14.5 Å². The van der Waals surface area contributed by atoms with Crippen molar-refractivity contribution in [2.75, 3.05) is 6.54 Å². The van der Waals surface area contributed by atoms with Gasteiger partial charge in [-0.2, -0.15) is 0 Å². The maximum Gasteiger partial charge on any atom is 0.254 e. The summed E-state index contributed by atoms with van der Waals surface area (Å²) in [6.45, 7) is 6.33. The second-order valence-corrected chi connectivity index (χ2v) is 8.89. The van der Waals surface area contributed by atoms with Gasteiger partial charge in [0.15, 0.2) is 0 Å². The Morgan fingerprint density at radius 3 is 2.45 bits per heavy atom. The third kappa shape index (κ3) is 5.27. The highest BCUT2D eigenvalue weighted by Crippen LogP contribution is 2.19. The number of benzene rings is 2. The van der Waals surface area contributed by atoms with Crippen LogP contribution in [0, 0.1) is 5.82 Å². The lowest BCUT2D eigenvalue weighted by molar-refractivity contribution is 0.0749.